The van der Waals surface area contributed by atoms with Crippen molar-refractivity contribution < 1.29 is 13.2 Å². The molecular formula is C16H22N4O3S. The fraction of sp³-hybridized carbons (Fsp3) is 0.375. The van der Waals surface area contributed by atoms with Crippen molar-refractivity contribution in [3.8, 4) is 5.69 Å². The third-order valence-corrected chi connectivity index (χ3v) is 4.50. The second-order valence-electron chi connectivity index (χ2n) is 5.98. The van der Waals surface area contributed by atoms with Crippen molar-refractivity contribution >= 4 is 21.6 Å². The summed E-state index contributed by atoms with van der Waals surface area (Å²) in [6, 6.07) is 6.27. The fourth-order valence-corrected chi connectivity index (χ4v) is 3.00. The first-order valence-corrected chi connectivity index (χ1v) is 9.55. The highest BCUT2D eigenvalue weighted by atomic mass is 32.2. The normalized spacial score (nSPS) is 11.5. The van der Waals surface area contributed by atoms with E-state index in [9.17, 15) is 13.2 Å². The minimum atomic E-state index is -3.38. The number of benzene rings is 1. The monoisotopic (exact) mass is 350 g/mol. The first kappa shape index (κ1) is 18.0. The highest BCUT2D eigenvalue weighted by molar-refractivity contribution is 7.90. The molecule has 0 spiro atoms. The van der Waals surface area contributed by atoms with Crippen molar-refractivity contribution in [2.45, 2.75) is 25.2 Å². The van der Waals surface area contributed by atoms with Crippen molar-refractivity contribution in [3.63, 3.8) is 0 Å². The van der Waals surface area contributed by atoms with Gasteiger partial charge in [-0.2, -0.15) is 5.10 Å². The van der Waals surface area contributed by atoms with Gasteiger partial charge in [0.1, 0.15) is 0 Å². The van der Waals surface area contributed by atoms with E-state index >= 15 is 0 Å². The molecule has 0 saturated heterocycles. The lowest BCUT2D eigenvalue weighted by molar-refractivity contribution is 0.251. The van der Waals surface area contributed by atoms with Gasteiger partial charge in [-0.3, -0.25) is 0 Å². The number of nitrogens with one attached hydrogen (secondary N) is 2. The highest BCUT2D eigenvalue weighted by Crippen LogP contribution is 2.20. The Morgan fingerprint density at radius 3 is 2.67 bits per heavy atom. The van der Waals surface area contributed by atoms with Gasteiger partial charge in [-0.05, 0) is 24.5 Å². The number of sulfone groups is 1. The summed E-state index contributed by atoms with van der Waals surface area (Å²) in [6.07, 6.45) is 5.10. The van der Waals surface area contributed by atoms with Crippen LogP contribution in [0, 0.1) is 5.92 Å². The molecule has 24 heavy (non-hydrogen) atoms. The topological polar surface area (TPSA) is 93.1 Å². The average molecular weight is 350 g/mol. The lowest BCUT2D eigenvalue weighted by Crippen LogP contribution is -2.29. The SMILES string of the molecule is CC(C)CCNC(=O)Nc1cnn(-c2ccccc2S(C)(=O)=O)c1. The smallest absolute Gasteiger partial charge is 0.319 e. The Bertz CT molecular complexity index is 812. The Hall–Kier alpha value is -2.35. The average Bonchev–Trinajstić information content (AvgIpc) is 2.94. The fourth-order valence-electron chi connectivity index (χ4n) is 2.13. The summed E-state index contributed by atoms with van der Waals surface area (Å²) in [4.78, 5) is 12.0. The Kier molecular flexibility index (Phi) is 5.61. The molecule has 0 unspecified atom stereocenters. The molecule has 0 aliphatic carbocycles. The third kappa shape index (κ3) is 4.82. The van der Waals surface area contributed by atoms with E-state index in [1.807, 2.05) is 0 Å². The van der Waals surface area contributed by atoms with Gasteiger partial charge in [0.15, 0.2) is 9.84 Å². The summed E-state index contributed by atoms with van der Waals surface area (Å²) in [7, 11) is -3.38. The predicted molar refractivity (Wildman–Crippen MR) is 93.2 cm³/mol. The van der Waals surface area contributed by atoms with E-state index in [1.165, 1.54) is 16.9 Å². The molecule has 0 saturated carbocycles. The van der Waals surface area contributed by atoms with Crippen molar-refractivity contribution in [3.05, 3.63) is 36.7 Å². The van der Waals surface area contributed by atoms with Gasteiger partial charge < -0.3 is 10.6 Å². The molecule has 0 aliphatic rings. The second kappa shape index (κ2) is 7.48. The molecule has 2 rings (SSSR count). The largest absolute Gasteiger partial charge is 0.338 e. The molecule has 7 nitrogen and oxygen atoms in total. The lowest BCUT2D eigenvalue weighted by atomic mass is 10.1. The van der Waals surface area contributed by atoms with Gasteiger partial charge >= 0.3 is 6.03 Å². The van der Waals surface area contributed by atoms with Crippen LogP contribution in [-0.4, -0.2) is 37.0 Å². The molecule has 1 heterocycles. The number of hydrogen-bond donors (Lipinski definition) is 2. The van der Waals surface area contributed by atoms with Gasteiger partial charge in [0.05, 0.1) is 28.7 Å². The first-order valence-electron chi connectivity index (χ1n) is 7.66. The Morgan fingerprint density at radius 2 is 2.00 bits per heavy atom. The summed E-state index contributed by atoms with van der Waals surface area (Å²) < 4.78 is 25.2. The maximum atomic E-state index is 11.9. The Labute approximate surface area is 142 Å². The number of carbonyl (C=O) groups is 1. The summed E-state index contributed by atoms with van der Waals surface area (Å²) in [5.74, 6) is 0.514. The Morgan fingerprint density at radius 1 is 1.29 bits per heavy atom. The summed E-state index contributed by atoms with van der Waals surface area (Å²) in [5, 5.41) is 9.58. The van der Waals surface area contributed by atoms with Crippen LogP contribution < -0.4 is 10.6 Å². The van der Waals surface area contributed by atoms with Gasteiger partial charge in [-0.25, -0.2) is 17.9 Å². The van der Waals surface area contributed by atoms with Gasteiger partial charge in [0, 0.05) is 12.8 Å². The minimum absolute atomic E-state index is 0.182. The molecule has 0 bridgehead atoms. The molecule has 2 aromatic rings. The van der Waals surface area contributed by atoms with Crippen LogP contribution >= 0.6 is 0 Å². The number of anilines is 1. The minimum Gasteiger partial charge on any atom is -0.338 e. The van der Waals surface area contributed by atoms with Gasteiger partial charge in [0.25, 0.3) is 0 Å². The van der Waals surface area contributed by atoms with E-state index in [1.54, 1.807) is 24.4 Å². The van der Waals surface area contributed by atoms with E-state index < -0.39 is 9.84 Å². The number of aromatic nitrogens is 2. The number of nitrogens with zero attached hydrogens (tertiary/aromatic N) is 2. The van der Waals surface area contributed by atoms with Crippen molar-refractivity contribution in [1.82, 2.24) is 15.1 Å². The molecule has 8 heteroatoms. The van der Waals surface area contributed by atoms with E-state index in [4.69, 9.17) is 0 Å². The molecule has 0 aliphatic heterocycles. The second-order valence-corrected chi connectivity index (χ2v) is 7.96. The van der Waals surface area contributed by atoms with Crippen LogP contribution in [-0.2, 0) is 9.84 Å². The summed E-state index contributed by atoms with van der Waals surface area (Å²) in [5.41, 5.74) is 0.925. The molecule has 0 atom stereocenters. The number of carbonyl (C=O) groups excluding carboxylic acids is 1. The molecule has 130 valence electrons. The maximum absolute atomic E-state index is 11.9. The first-order chi connectivity index (χ1) is 11.3. The van der Waals surface area contributed by atoms with Crippen LogP contribution in [0.2, 0.25) is 0 Å². The zero-order valence-corrected chi connectivity index (χ0v) is 14.8. The third-order valence-electron chi connectivity index (χ3n) is 3.36. The van der Waals surface area contributed by atoms with E-state index in [0.717, 1.165) is 12.7 Å². The van der Waals surface area contributed by atoms with Crippen molar-refractivity contribution in [2.75, 3.05) is 18.1 Å². The quantitative estimate of drug-likeness (QED) is 0.837. The number of amides is 2. The molecule has 0 fully saturated rings. The van der Waals surface area contributed by atoms with Crippen LogP contribution in [0.15, 0.2) is 41.6 Å². The highest BCUT2D eigenvalue weighted by Gasteiger charge is 2.15. The number of rotatable bonds is 6. The van der Waals surface area contributed by atoms with E-state index in [2.05, 4.69) is 29.6 Å². The molecule has 2 N–H and O–H groups in total. The van der Waals surface area contributed by atoms with Gasteiger partial charge in [-0.15, -0.1) is 0 Å². The molecule has 0 radical (unpaired) electrons. The maximum Gasteiger partial charge on any atom is 0.319 e. The van der Waals surface area contributed by atoms with Crippen molar-refractivity contribution in [2.24, 2.45) is 5.92 Å². The van der Waals surface area contributed by atoms with Crippen LogP contribution in [0.25, 0.3) is 5.69 Å². The van der Waals surface area contributed by atoms with Crippen LogP contribution in [0.5, 0.6) is 0 Å². The number of hydrogen-bond acceptors (Lipinski definition) is 4. The molecule has 1 aromatic heterocycles. The number of urea groups is 1. The van der Waals surface area contributed by atoms with Crippen LogP contribution in [0.1, 0.15) is 20.3 Å². The van der Waals surface area contributed by atoms with Crippen LogP contribution in [0.4, 0.5) is 10.5 Å². The zero-order valence-electron chi connectivity index (χ0n) is 14.0. The van der Waals surface area contributed by atoms with Crippen LogP contribution in [0.3, 0.4) is 0 Å². The van der Waals surface area contributed by atoms with Gasteiger partial charge in [0.2, 0.25) is 0 Å². The Balaban J connectivity index is 2.11. The summed E-state index contributed by atoms with van der Waals surface area (Å²) in [6.45, 7) is 4.76. The van der Waals surface area contributed by atoms with Crippen molar-refractivity contribution in [1.29, 1.82) is 0 Å². The zero-order chi connectivity index (χ0) is 17.7. The number of para-hydroxylation sites is 1. The molecular weight excluding hydrogens is 328 g/mol. The van der Waals surface area contributed by atoms with Gasteiger partial charge in [-0.1, -0.05) is 26.0 Å². The summed E-state index contributed by atoms with van der Waals surface area (Å²) >= 11 is 0. The van der Waals surface area contributed by atoms with E-state index in [-0.39, 0.29) is 10.9 Å². The lowest BCUT2D eigenvalue weighted by Gasteiger charge is -2.08. The predicted octanol–water partition coefficient (Wildman–Crippen LogP) is 2.44. The molecule has 1 aromatic carbocycles. The molecule has 2 amide bonds. The standard InChI is InChI=1S/C16H22N4O3S/c1-12(2)8-9-17-16(21)19-13-10-18-20(11-13)14-6-4-5-7-15(14)24(3,22)23/h4-7,10-12H,8-9H2,1-3H3,(H2,17,19,21). The van der Waals surface area contributed by atoms with E-state index in [0.29, 0.717) is 23.8 Å².